The third kappa shape index (κ3) is 6.37. The molecule has 0 spiro atoms. The van der Waals surface area contributed by atoms with E-state index >= 15 is 0 Å². The number of sulfonamides is 1. The molecular weight excluding hydrogens is 414 g/mol. The molecule has 1 atom stereocenters. The second kappa shape index (κ2) is 10.0. The Balaban J connectivity index is 1.49. The van der Waals surface area contributed by atoms with Gasteiger partial charge in [-0.3, -0.25) is 9.10 Å². The summed E-state index contributed by atoms with van der Waals surface area (Å²) in [4.78, 5) is 14.7. The quantitative estimate of drug-likeness (QED) is 0.674. The van der Waals surface area contributed by atoms with Crippen molar-refractivity contribution in [3.63, 3.8) is 0 Å². The number of ether oxygens (including phenoxy) is 1. The van der Waals surface area contributed by atoms with Crippen molar-refractivity contribution in [2.75, 3.05) is 42.2 Å². The highest BCUT2D eigenvalue weighted by molar-refractivity contribution is 7.92. The van der Waals surface area contributed by atoms with Gasteiger partial charge in [0.05, 0.1) is 18.0 Å². The molecule has 2 aromatic rings. The molecule has 0 aromatic heterocycles. The summed E-state index contributed by atoms with van der Waals surface area (Å²) >= 11 is 0. The summed E-state index contributed by atoms with van der Waals surface area (Å²) in [5.41, 5.74) is 2.80. The number of nitrogens with zero attached hydrogens (tertiary/aromatic N) is 2. The largest absolute Gasteiger partial charge is 0.484 e. The minimum absolute atomic E-state index is 0.114. The van der Waals surface area contributed by atoms with Crippen LogP contribution in [0.2, 0.25) is 0 Å². The Hall–Kier alpha value is -2.74. The molecule has 2 aromatic carbocycles. The van der Waals surface area contributed by atoms with Crippen LogP contribution in [0.1, 0.15) is 37.8 Å². The number of benzene rings is 2. The van der Waals surface area contributed by atoms with Crippen molar-refractivity contribution >= 4 is 27.3 Å². The zero-order valence-corrected chi connectivity index (χ0v) is 19.2. The van der Waals surface area contributed by atoms with Gasteiger partial charge in [0.15, 0.2) is 6.61 Å². The Bertz CT molecular complexity index is 969. The number of hydrogen-bond acceptors (Lipinski definition) is 5. The van der Waals surface area contributed by atoms with Gasteiger partial charge in [-0.15, -0.1) is 0 Å². The van der Waals surface area contributed by atoms with E-state index in [4.69, 9.17) is 4.74 Å². The van der Waals surface area contributed by atoms with Gasteiger partial charge in [0.1, 0.15) is 5.75 Å². The van der Waals surface area contributed by atoms with Crippen LogP contribution in [0.5, 0.6) is 5.75 Å². The van der Waals surface area contributed by atoms with Gasteiger partial charge in [0.2, 0.25) is 10.0 Å². The van der Waals surface area contributed by atoms with Crippen LogP contribution in [0.4, 0.5) is 11.4 Å². The molecule has 1 fully saturated rings. The number of hydrogen-bond donors (Lipinski definition) is 1. The van der Waals surface area contributed by atoms with Gasteiger partial charge in [0, 0.05) is 25.8 Å². The van der Waals surface area contributed by atoms with Crippen LogP contribution in [0, 0.1) is 0 Å². The van der Waals surface area contributed by atoms with Crippen molar-refractivity contribution in [2.24, 2.45) is 0 Å². The maximum atomic E-state index is 12.3. The lowest BCUT2D eigenvalue weighted by atomic mass is 10.1. The first-order chi connectivity index (χ1) is 14.7. The highest BCUT2D eigenvalue weighted by Crippen LogP contribution is 2.23. The van der Waals surface area contributed by atoms with Crippen molar-refractivity contribution < 1.29 is 17.9 Å². The first kappa shape index (κ1) is 22.9. The fourth-order valence-corrected chi connectivity index (χ4v) is 4.09. The van der Waals surface area contributed by atoms with E-state index in [1.165, 1.54) is 36.3 Å². The van der Waals surface area contributed by atoms with Crippen LogP contribution in [-0.4, -0.2) is 47.3 Å². The number of piperidine rings is 1. The summed E-state index contributed by atoms with van der Waals surface area (Å²) in [6.07, 6.45) is 4.93. The summed E-state index contributed by atoms with van der Waals surface area (Å²) in [6.45, 7) is 4.05. The minimum Gasteiger partial charge on any atom is -0.484 e. The van der Waals surface area contributed by atoms with Gasteiger partial charge in [-0.25, -0.2) is 8.42 Å². The highest BCUT2D eigenvalue weighted by Gasteiger charge is 2.14. The molecule has 0 bridgehead atoms. The van der Waals surface area contributed by atoms with E-state index in [0.29, 0.717) is 11.4 Å². The van der Waals surface area contributed by atoms with E-state index in [1.807, 2.05) is 6.92 Å². The molecule has 7 nitrogen and oxygen atoms in total. The van der Waals surface area contributed by atoms with Gasteiger partial charge in [-0.1, -0.05) is 12.1 Å². The Labute approximate surface area is 185 Å². The number of amides is 1. The number of carbonyl (C=O) groups excluding carboxylic acids is 1. The average molecular weight is 446 g/mol. The summed E-state index contributed by atoms with van der Waals surface area (Å²) in [7, 11) is -1.83. The van der Waals surface area contributed by atoms with Crippen LogP contribution < -0.4 is 19.3 Å². The third-order valence-electron chi connectivity index (χ3n) is 5.56. The molecule has 1 aliphatic rings. The highest BCUT2D eigenvalue weighted by atomic mass is 32.2. The van der Waals surface area contributed by atoms with Crippen molar-refractivity contribution in [1.29, 1.82) is 0 Å². The minimum atomic E-state index is -3.32. The summed E-state index contributed by atoms with van der Waals surface area (Å²) in [5.74, 6) is 0.282. The first-order valence-corrected chi connectivity index (χ1v) is 12.4. The van der Waals surface area contributed by atoms with Crippen LogP contribution in [0.25, 0.3) is 0 Å². The lowest BCUT2D eigenvalue weighted by Gasteiger charge is -2.29. The zero-order chi connectivity index (χ0) is 22.4. The first-order valence-electron chi connectivity index (χ1n) is 10.5. The molecule has 1 saturated heterocycles. The molecule has 0 radical (unpaired) electrons. The number of rotatable bonds is 8. The molecule has 0 unspecified atom stereocenters. The van der Waals surface area contributed by atoms with E-state index in [2.05, 4.69) is 34.5 Å². The van der Waals surface area contributed by atoms with Gasteiger partial charge >= 0.3 is 0 Å². The summed E-state index contributed by atoms with van der Waals surface area (Å²) in [6, 6.07) is 14.8. The van der Waals surface area contributed by atoms with E-state index in [1.54, 1.807) is 24.3 Å². The van der Waals surface area contributed by atoms with Crippen molar-refractivity contribution in [1.82, 2.24) is 5.32 Å². The van der Waals surface area contributed by atoms with Gasteiger partial charge in [-0.05, 0) is 68.1 Å². The summed E-state index contributed by atoms with van der Waals surface area (Å²) in [5, 5.41) is 2.95. The molecule has 1 amide bonds. The SMILES string of the molecule is C[C@H](NC(=O)COc1ccc(N(C)S(C)(=O)=O)cc1)c1ccc(N2CCCCC2)cc1. The molecule has 0 aliphatic carbocycles. The second-order valence-electron chi connectivity index (χ2n) is 7.94. The maximum Gasteiger partial charge on any atom is 0.258 e. The molecule has 31 heavy (non-hydrogen) atoms. The monoisotopic (exact) mass is 445 g/mol. The van der Waals surface area contributed by atoms with Crippen molar-refractivity contribution in [3.05, 3.63) is 54.1 Å². The third-order valence-corrected chi connectivity index (χ3v) is 6.77. The predicted molar refractivity (Wildman–Crippen MR) is 124 cm³/mol. The Morgan fingerprint density at radius 1 is 1.06 bits per heavy atom. The number of anilines is 2. The second-order valence-corrected chi connectivity index (χ2v) is 9.96. The van der Waals surface area contributed by atoms with Crippen molar-refractivity contribution in [3.8, 4) is 5.75 Å². The Kier molecular flexibility index (Phi) is 7.43. The smallest absolute Gasteiger partial charge is 0.258 e. The van der Waals surface area contributed by atoms with Crippen molar-refractivity contribution in [2.45, 2.75) is 32.2 Å². The van der Waals surface area contributed by atoms with E-state index in [9.17, 15) is 13.2 Å². The molecule has 168 valence electrons. The standard InChI is InChI=1S/C23H31N3O4S/c1-18(19-7-9-21(10-8-19)26-15-5-4-6-16-26)24-23(27)17-30-22-13-11-20(12-14-22)25(2)31(3,28)29/h7-14,18H,4-6,15-17H2,1-3H3,(H,24,27)/t18-/m0/s1. The summed E-state index contributed by atoms with van der Waals surface area (Å²) < 4.78 is 29.9. The van der Waals surface area contributed by atoms with E-state index in [-0.39, 0.29) is 18.6 Å². The fourth-order valence-electron chi connectivity index (χ4n) is 3.59. The molecular formula is C23H31N3O4S. The van der Waals surface area contributed by atoms with E-state index < -0.39 is 10.0 Å². The average Bonchev–Trinajstić information content (AvgIpc) is 2.77. The molecule has 1 heterocycles. The molecule has 8 heteroatoms. The van der Waals surface area contributed by atoms with Gasteiger partial charge < -0.3 is 15.0 Å². The Morgan fingerprint density at radius 2 is 1.68 bits per heavy atom. The van der Waals surface area contributed by atoms with Crippen LogP contribution >= 0.6 is 0 Å². The number of carbonyl (C=O) groups is 1. The Morgan fingerprint density at radius 3 is 2.26 bits per heavy atom. The van der Waals surface area contributed by atoms with Crippen LogP contribution in [-0.2, 0) is 14.8 Å². The number of nitrogens with one attached hydrogen (secondary N) is 1. The molecule has 3 rings (SSSR count). The van der Waals surface area contributed by atoms with E-state index in [0.717, 1.165) is 24.9 Å². The normalized spacial score (nSPS) is 15.3. The van der Waals surface area contributed by atoms with Crippen LogP contribution in [0.15, 0.2) is 48.5 Å². The van der Waals surface area contributed by atoms with Gasteiger partial charge in [-0.2, -0.15) is 0 Å². The topological polar surface area (TPSA) is 79.0 Å². The fraction of sp³-hybridized carbons (Fsp3) is 0.435. The zero-order valence-electron chi connectivity index (χ0n) is 18.4. The molecule has 0 saturated carbocycles. The molecule has 1 aliphatic heterocycles. The predicted octanol–water partition coefficient (Wildman–Crippen LogP) is 3.33. The maximum absolute atomic E-state index is 12.3. The molecule has 1 N–H and O–H groups in total. The lowest BCUT2D eigenvalue weighted by Crippen LogP contribution is -2.31. The lowest BCUT2D eigenvalue weighted by molar-refractivity contribution is -0.123. The van der Waals surface area contributed by atoms with Gasteiger partial charge in [0.25, 0.3) is 5.91 Å². The van der Waals surface area contributed by atoms with Crippen LogP contribution in [0.3, 0.4) is 0 Å².